The van der Waals surface area contributed by atoms with Gasteiger partial charge in [-0.1, -0.05) is 17.9 Å². The lowest BCUT2D eigenvalue weighted by Gasteiger charge is -2.08. The van der Waals surface area contributed by atoms with Gasteiger partial charge in [-0.05, 0) is 30.7 Å². The summed E-state index contributed by atoms with van der Waals surface area (Å²) in [6, 6.07) is 6.72. The fourth-order valence-electron chi connectivity index (χ4n) is 1.75. The predicted octanol–water partition coefficient (Wildman–Crippen LogP) is 1.69. The van der Waals surface area contributed by atoms with E-state index in [1.54, 1.807) is 12.1 Å². The topological polar surface area (TPSA) is 82.5 Å². The van der Waals surface area contributed by atoms with Crippen LogP contribution in [0.2, 0.25) is 0 Å². The van der Waals surface area contributed by atoms with Gasteiger partial charge in [0.25, 0.3) is 5.91 Å². The molecular weight excluding hydrogens is 268 g/mol. The van der Waals surface area contributed by atoms with E-state index in [9.17, 15) is 9.90 Å². The number of amides is 1. The minimum absolute atomic E-state index is 0.147. The van der Waals surface area contributed by atoms with Gasteiger partial charge in [-0.3, -0.25) is 9.78 Å². The number of aliphatic hydroxyl groups is 1. The van der Waals surface area contributed by atoms with Crippen molar-refractivity contribution < 1.29 is 15.0 Å². The van der Waals surface area contributed by atoms with E-state index in [0.29, 0.717) is 5.69 Å². The second-order valence-electron chi connectivity index (χ2n) is 4.34. The lowest BCUT2D eigenvalue weighted by atomic mass is 10.1. The van der Waals surface area contributed by atoms with Gasteiger partial charge in [-0.2, -0.15) is 0 Å². The zero-order valence-electron chi connectivity index (χ0n) is 11.4. The van der Waals surface area contributed by atoms with Gasteiger partial charge in [0.1, 0.15) is 12.4 Å². The van der Waals surface area contributed by atoms with E-state index >= 15 is 0 Å². The molecule has 1 amide bonds. The number of aryl methyl sites for hydroxylation is 1. The molecule has 0 radical (unpaired) electrons. The second kappa shape index (κ2) is 6.55. The highest BCUT2D eigenvalue weighted by Crippen LogP contribution is 2.18. The number of carbonyl (C=O) groups is 1. The zero-order chi connectivity index (χ0) is 15.2. The maximum atomic E-state index is 12.1. The molecule has 0 bridgehead atoms. The van der Waals surface area contributed by atoms with E-state index in [4.69, 9.17) is 5.11 Å². The van der Waals surface area contributed by atoms with Crippen LogP contribution in [-0.4, -0.2) is 27.7 Å². The molecule has 2 aromatic rings. The van der Waals surface area contributed by atoms with E-state index in [2.05, 4.69) is 22.1 Å². The lowest BCUT2D eigenvalue weighted by molar-refractivity contribution is 0.102. The number of hydrogen-bond acceptors (Lipinski definition) is 4. The number of pyridine rings is 1. The van der Waals surface area contributed by atoms with Crippen LogP contribution in [0.25, 0.3) is 0 Å². The van der Waals surface area contributed by atoms with Gasteiger partial charge in [0.05, 0.1) is 11.8 Å². The fourth-order valence-corrected chi connectivity index (χ4v) is 1.75. The highest BCUT2D eigenvalue weighted by atomic mass is 16.3. The van der Waals surface area contributed by atoms with Gasteiger partial charge >= 0.3 is 0 Å². The number of nitrogens with one attached hydrogen (secondary N) is 1. The third kappa shape index (κ3) is 3.59. The van der Waals surface area contributed by atoms with Gasteiger partial charge in [0, 0.05) is 17.4 Å². The van der Waals surface area contributed by atoms with Crippen LogP contribution in [-0.2, 0) is 0 Å². The number of aromatic hydroxyl groups is 1. The van der Waals surface area contributed by atoms with Gasteiger partial charge in [0.2, 0.25) is 0 Å². The average molecular weight is 282 g/mol. The first kappa shape index (κ1) is 14.6. The van der Waals surface area contributed by atoms with Crippen LogP contribution >= 0.6 is 0 Å². The molecule has 0 spiro atoms. The lowest BCUT2D eigenvalue weighted by Crippen LogP contribution is -2.12. The van der Waals surface area contributed by atoms with Crippen LogP contribution in [0.3, 0.4) is 0 Å². The Morgan fingerprint density at radius 1 is 1.38 bits per heavy atom. The van der Waals surface area contributed by atoms with Crippen LogP contribution in [0.1, 0.15) is 21.5 Å². The molecule has 0 unspecified atom stereocenters. The van der Waals surface area contributed by atoms with Crippen molar-refractivity contribution in [1.82, 2.24) is 4.98 Å². The summed E-state index contributed by atoms with van der Waals surface area (Å²) in [7, 11) is 0. The molecule has 5 nitrogen and oxygen atoms in total. The minimum Gasteiger partial charge on any atom is -0.505 e. The molecule has 0 saturated heterocycles. The van der Waals surface area contributed by atoms with Crippen LogP contribution in [0.4, 0.5) is 5.69 Å². The van der Waals surface area contributed by atoms with Crippen molar-refractivity contribution in [3.63, 3.8) is 0 Å². The Kier molecular flexibility index (Phi) is 4.54. The molecule has 0 atom stereocenters. The Hall–Kier alpha value is -2.84. The average Bonchev–Trinajstić information content (AvgIpc) is 2.48. The smallest absolute Gasteiger partial charge is 0.259 e. The molecule has 0 aliphatic rings. The summed E-state index contributed by atoms with van der Waals surface area (Å²) in [5.74, 6) is 4.78. The summed E-state index contributed by atoms with van der Waals surface area (Å²) in [6.07, 6.45) is 2.64. The summed E-state index contributed by atoms with van der Waals surface area (Å²) >= 11 is 0. The quantitative estimate of drug-likeness (QED) is 0.732. The standard InChI is InChI=1S/C16H14N2O3/c1-11-4-5-13(9-12(11)3-2-8-19)18-16(21)14-6-7-17-10-15(14)20/h4-7,9-10,19-20H,8H2,1H3,(H,18,21). The number of carbonyl (C=O) groups excluding carboxylic acids is 1. The molecule has 21 heavy (non-hydrogen) atoms. The molecule has 1 heterocycles. The number of hydrogen-bond donors (Lipinski definition) is 3. The fraction of sp³-hybridized carbons (Fsp3) is 0.125. The summed E-state index contributed by atoms with van der Waals surface area (Å²) in [5, 5.41) is 21.0. The van der Waals surface area contributed by atoms with Crippen LogP contribution < -0.4 is 5.32 Å². The van der Waals surface area contributed by atoms with Crippen LogP contribution in [0, 0.1) is 18.8 Å². The van der Waals surface area contributed by atoms with Gasteiger partial charge in [0.15, 0.2) is 0 Å². The number of anilines is 1. The maximum Gasteiger partial charge on any atom is 0.259 e. The van der Waals surface area contributed by atoms with Gasteiger partial charge < -0.3 is 15.5 Å². The molecule has 106 valence electrons. The van der Waals surface area contributed by atoms with Crippen molar-refractivity contribution in [2.45, 2.75) is 6.92 Å². The number of rotatable bonds is 2. The number of aliphatic hydroxyl groups excluding tert-OH is 1. The molecule has 3 N–H and O–H groups in total. The summed E-state index contributed by atoms with van der Waals surface area (Å²) < 4.78 is 0. The van der Waals surface area contributed by atoms with E-state index in [1.165, 1.54) is 18.5 Å². The molecule has 0 fully saturated rings. The van der Waals surface area contributed by atoms with Crippen molar-refractivity contribution >= 4 is 11.6 Å². The summed E-state index contributed by atoms with van der Waals surface area (Å²) in [5.41, 5.74) is 2.37. The SMILES string of the molecule is Cc1ccc(NC(=O)c2ccncc2O)cc1C#CCO. The first-order valence-corrected chi connectivity index (χ1v) is 6.26. The second-order valence-corrected chi connectivity index (χ2v) is 4.34. The normalized spacial score (nSPS) is 9.62. The van der Waals surface area contributed by atoms with Gasteiger partial charge in [-0.15, -0.1) is 0 Å². The Bertz CT molecular complexity index is 730. The molecular formula is C16H14N2O3. The van der Waals surface area contributed by atoms with E-state index in [-0.39, 0.29) is 17.9 Å². The van der Waals surface area contributed by atoms with Crippen molar-refractivity contribution in [2.24, 2.45) is 0 Å². The molecule has 0 aliphatic heterocycles. The highest BCUT2D eigenvalue weighted by molar-refractivity contribution is 6.06. The minimum atomic E-state index is -0.431. The molecule has 0 aliphatic carbocycles. The Balaban J connectivity index is 2.24. The van der Waals surface area contributed by atoms with Crippen LogP contribution in [0.5, 0.6) is 5.75 Å². The van der Waals surface area contributed by atoms with Crippen molar-refractivity contribution in [3.05, 3.63) is 53.3 Å². The number of aromatic nitrogens is 1. The zero-order valence-corrected chi connectivity index (χ0v) is 11.4. The predicted molar refractivity (Wildman–Crippen MR) is 79.0 cm³/mol. The maximum absolute atomic E-state index is 12.1. The Morgan fingerprint density at radius 3 is 2.90 bits per heavy atom. The summed E-state index contributed by atoms with van der Waals surface area (Å²) in [4.78, 5) is 15.8. The van der Waals surface area contributed by atoms with Crippen molar-refractivity contribution in [3.8, 4) is 17.6 Å². The van der Waals surface area contributed by atoms with Gasteiger partial charge in [-0.25, -0.2) is 0 Å². The molecule has 5 heteroatoms. The molecule has 1 aromatic heterocycles. The van der Waals surface area contributed by atoms with Crippen molar-refractivity contribution in [2.75, 3.05) is 11.9 Å². The van der Waals surface area contributed by atoms with E-state index in [1.807, 2.05) is 13.0 Å². The third-order valence-electron chi connectivity index (χ3n) is 2.84. The Morgan fingerprint density at radius 2 is 2.19 bits per heavy atom. The monoisotopic (exact) mass is 282 g/mol. The highest BCUT2D eigenvalue weighted by Gasteiger charge is 2.11. The number of benzene rings is 1. The third-order valence-corrected chi connectivity index (χ3v) is 2.84. The largest absolute Gasteiger partial charge is 0.505 e. The van der Waals surface area contributed by atoms with Crippen LogP contribution in [0.15, 0.2) is 36.7 Å². The Labute approximate surface area is 122 Å². The van der Waals surface area contributed by atoms with E-state index < -0.39 is 5.91 Å². The van der Waals surface area contributed by atoms with Crippen molar-refractivity contribution in [1.29, 1.82) is 0 Å². The first-order valence-electron chi connectivity index (χ1n) is 6.26. The molecule has 0 saturated carbocycles. The first-order chi connectivity index (χ1) is 10.1. The summed E-state index contributed by atoms with van der Waals surface area (Å²) in [6.45, 7) is 1.67. The number of nitrogens with zero attached hydrogens (tertiary/aromatic N) is 1. The molecule has 2 rings (SSSR count). The van der Waals surface area contributed by atoms with E-state index in [0.717, 1.165) is 11.1 Å². The molecule has 1 aromatic carbocycles.